The van der Waals surface area contributed by atoms with Crippen LogP contribution in [0, 0.1) is 0 Å². The van der Waals surface area contributed by atoms with Gasteiger partial charge in [-0.05, 0) is 6.07 Å². The average molecular weight is 224 g/mol. The molecular weight excluding hydrogens is 212 g/mol. The summed E-state index contributed by atoms with van der Waals surface area (Å²) in [4.78, 5) is 11.6. The fourth-order valence-corrected chi connectivity index (χ4v) is 1.57. The lowest BCUT2D eigenvalue weighted by atomic mass is 10.1. The van der Waals surface area contributed by atoms with Gasteiger partial charge in [0.25, 0.3) is 5.91 Å². The van der Waals surface area contributed by atoms with E-state index in [9.17, 15) is 9.90 Å². The Balaban J connectivity index is 2.51. The number of nitrogens with one attached hydrogen (secondary N) is 2. The summed E-state index contributed by atoms with van der Waals surface area (Å²) in [7, 11) is 3.00. The summed E-state index contributed by atoms with van der Waals surface area (Å²) in [6.07, 6.45) is -1.09. The van der Waals surface area contributed by atoms with Crippen LogP contribution in [0.1, 0.15) is 10.4 Å². The number of carbonyl (C=O) groups is 1. The van der Waals surface area contributed by atoms with Gasteiger partial charge in [-0.15, -0.1) is 0 Å². The van der Waals surface area contributed by atoms with E-state index >= 15 is 0 Å². The zero-order valence-corrected chi connectivity index (χ0v) is 8.90. The molecule has 2 rings (SSSR count). The zero-order chi connectivity index (χ0) is 11.7. The number of carbonyl (C=O) groups excluding carboxylic acids is 1. The Morgan fingerprint density at radius 2 is 1.81 bits per heavy atom. The van der Waals surface area contributed by atoms with Crippen LogP contribution in [0.25, 0.3) is 0 Å². The molecule has 1 aliphatic heterocycles. The molecule has 0 fully saturated rings. The molecule has 1 aromatic rings. The van der Waals surface area contributed by atoms with Gasteiger partial charge in [-0.25, -0.2) is 0 Å². The quantitative estimate of drug-likeness (QED) is 0.665. The first-order valence-electron chi connectivity index (χ1n) is 4.67. The lowest BCUT2D eigenvalue weighted by Crippen LogP contribution is -2.44. The minimum atomic E-state index is -1.09. The van der Waals surface area contributed by atoms with Crippen molar-refractivity contribution in [2.24, 2.45) is 0 Å². The van der Waals surface area contributed by atoms with E-state index in [1.54, 1.807) is 12.1 Å². The summed E-state index contributed by atoms with van der Waals surface area (Å²) in [6.45, 7) is 0. The Kier molecular flexibility index (Phi) is 2.57. The van der Waals surface area contributed by atoms with Crippen LogP contribution in [0.3, 0.4) is 0 Å². The van der Waals surface area contributed by atoms with Gasteiger partial charge in [-0.1, -0.05) is 0 Å². The zero-order valence-electron chi connectivity index (χ0n) is 8.90. The molecule has 0 radical (unpaired) electrons. The topological polar surface area (TPSA) is 79.8 Å². The number of amides is 1. The number of methoxy groups -OCH3 is 2. The van der Waals surface area contributed by atoms with E-state index in [1.165, 1.54) is 14.2 Å². The molecule has 0 aliphatic carbocycles. The van der Waals surface area contributed by atoms with E-state index in [2.05, 4.69) is 10.6 Å². The Morgan fingerprint density at radius 3 is 2.44 bits per heavy atom. The van der Waals surface area contributed by atoms with E-state index < -0.39 is 6.35 Å². The monoisotopic (exact) mass is 224 g/mol. The molecule has 1 aromatic carbocycles. The van der Waals surface area contributed by atoms with Crippen molar-refractivity contribution in [3.63, 3.8) is 0 Å². The Labute approximate surface area is 92.2 Å². The molecule has 3 N–H and O–H groups in total. The van der Waals surface area contributed by atoms with Gasteiger partial charge in [0.1, 0.15) is 0 Å². The molecule has 0 aromatic heterocycles. The number of rotatable bonds is 2. The summed E-state index contributed by atoms with van der Waals surface area (Å²) in [5.41, 5.74) is 0.914. The molecule has 0 saturated carbocycles. The predicted molar refractivity (Wildman–Crippen MR) is 56.6 cm³/mol. The van der Waals surface area contributed by atoms with Crippen LogP contribution in [0.15, 0.2) is 12.1 Å². The highest BCUT2D eigenvalue weighted by Crippen LogP contribution is 2.34. The molecule has 6 nitrogen and oxygen atoms in total. The van der Waals surface area contributed by atoms with Crippen molar-refractivity contribution in [2.45, 2.75) is 6.35 Å². The van der Waals surface area contributed by atoms with Crippen molar-refractivity contribution >= 4 is 11.6 Å². The molecule has 1 amide bonds. The minimum Gasteiger partial charge on any atom is -0.493 e. The van der Waals surface area contributed by atoms with Gasteiger partial charge in [0.2, 0.25) is 6.35 Å². The summed E-state index contributed by atoms with van der Waals surface area (Å²) >= 11 is 0. The molecule has 1 atom stereocenters. The molecular formula is C10H12N2O4. The molecule has 0 bridgehead atoms. The number of hydrogen-bond acceptors (Lipinski definition) is 5. The predicted octanol–water partition coefficient (Wildman–Crippen LogP) is 0.135. The van der Waals surface area contributed by atoms with Crippen LogP contribution < -0.4 is 20.1 Å². The maximum Gasteiger partial charge on any atom is 0.256 e. The third-order valence-corrected chi connectivity index (χ3v) is 2.33. The number of anilines is 1. The van der Waals surface area contributed by atoms with Crippen LogP contribution in [0.4, 0.5) is 5.69 Å². The summed E-state index contributed by atoms with van der Waals surface area (Å²) < 4.78 is 10.2. The summed E-state index contributed by atoms with van der Waals surface area (Å²) in [5, 5.41) is 14.3. The maximum absolute atomic E-state index is 11.6. The summed E-state index contributed by atoms with van der Waals surface area (Å²) in [5.74, 6) is 0.604. The van der Waals surface area contributed by atoms with Crippen molar-refractivity contribution in [2.75, 3.05) is 19.5 Å². The SMILES string of the molecule is COc1cc2c(cc1OC)C(=O)NC(O)N2. The number of fused-ring (bicyclic) bond motifs is 1. The van der Waals surface area contributed by atoms with Crippen molar-refractivity contribution in [1.29, 1.82) is 0 Å². The molecule has 86 valence electrons. The first kappa shape index (κ1) is 10.6. The van der Waals surface area contributed by atoms with E-state index in [0.717, 1.165) is 0 Å². The normalized spacial score (nSPS) is 18.2. The number of aliphatic hydroxyl groups is 1. The second-order valence-electron chi connectivity index (χ2n) is 3.27. The molecule has 0 saturated heterocycles. The third-order valence-electron chi connectivity index (χ3n) is 2.33. The second kappa shape index (κ2) is 3.90. The van der Waals surface area contributed by atoms with Gasteiger partial charge in [0, 0.05) is 6.07 Å². The molecule has 0 spiro atoms. The van der Waals surface area contributed by atoms with Gasteiger partial charge >= 0.3 is 0 Å². The standard InChI is InChI=1S/C10H12N2O4/c1-15-7-3-5-6(4-8(7)16-2)11-10(14)12-9(5)13/h3-4,10-11,14H,1-2H3,(H,12,13). The minimum absolute atomic E-state index is 0.359. The number of benzene rings is 1. The lowest BCUT2D eigenvalue weighted by Gasteiger charge is -2.24. The van der Waals surface area contributed by atoms with E-state index in [0.29, 0.717) is 22.7 Å². The number of aliphatic hydroxyl groups excluding tert-OH is 1. The average Bonchev–Trinajstić information content (AvgIpc) is 2.27. The molecule has 1 aliphatic rings. The molecule has 16 heavy (non-hydrogen) atoms. The highest BCUT2D eigenvalue weighted by atomic mass is 16.5. The Hall–Kier alpha value is -1.95. The molecule has 1 heterocycles. The lowest BCUT2D eigenvalue weighted by molar-refractivity contribution is 0.0813. The van der Waals surface area contributed by atoms with Crippen molar-refractivity contribution in [1.82, 2.24) is 5.32 Å². The number of hydrogen-bond donors (Lipinski definition) is 3. The van der Waals surface area contributed by atoms with Crippen LogP contribution >= 0.6 is 0 Å². The molecule has 1 unspecified atom stereocenters. The number of ether oxygens (including phenoxy) is 2. The van der Waals surface area contributed by atoms with Crippen molar-refractivity contribution in [3.05, 3.63) is 17.7 Å². The Bertz CT molecular complexity index is 433. The van der Waals surface area contributed by atoms with Gasteiger partial charge in [-0.3, -0.25) is 4.79 Å². The largest absolute Gasteiger partial charge is 0.493 e. The van der Waals surface area contributed by atoms with Gasteiger partial charge < -0.3 is 25.2 Å². The summed E-state index contributed by atoms with van der Waals surface area (Å²) in [6, 6.07) is 3.17. The maximum atomic E-state index is 11.6. The second-order valence-corrected chi connectivity index (χ2v) is 3.27. The Morgan fingerprint density at radius 1 is 1.19 bits per heavy atom. The van der Waals surface area contributed by atoms with Crippen LogP contribution in [0.5, 0.6) is 11.5 Å². The molecule has 6 heteroatoms. The van der Waals surface area contributed by atoms with E-state index in [1.807, 2.05) is 0 Å². The van der Waals surface area contributed by atoms with Crippen LogP contribution in [-0.2, 0) is 0 Å². The highest BCUT2D eigenvalue weighted by molar-refractivity contribution is 6.02. The van der Waals surface area contributed by atoms with Crippen molar-refractivity contribution < 1.29 is 19.4 Å². The fourth-order valence-electron chi connectivity index (χ4n) is 1.57. The van der Waals surface area contributed by atoms with Crippen molar-refractivity contribution in [3.8, 4) is 11.5 Å². The first-order chi connectivity index (χ1) is 7.65. The highest BCUT2D eigenvalue weighted by Gasteiger charge is 2.24. The van der Waals surface area contributed by atoms with E-state index in [4.69, 9.17) is 9.47 Å². The van der Waals surface area contributed by atoms with Gasteiger partial charge in [-0.2, -0.15) is 0 Å². The van der Waals surface area contributed by atoms with Crippen LogP contribution in [-0.4, -0.2) is 31.6 Å². The van der Waals surface area contributed by atoms with Gasteiger partial charge in [0.05, 0.1) is 25.5 Å². The first-order valence-corrected chi connectivity index (χ1v) is 4.67. The smallest absolute Gasteiger partial charge is 0.256 e. The fraction of sp³-hybridized carbons (Fsp3) is 0.300. The van der Waals surface area contributed by atoms with E-state index in [-0.39, 0.29) is 5.91 Å². The van der Waals surface area contributed by atoms with Crippen LogP contribution in [0.2, 0.25) is 0 Å². The van der Waals surface area contributed by atoms with Gasteiger partial charge in [0.15, 0.2) is 11.5 Å². The third kappa shape index (κ3) is 1.63.